The molecule has 0 aromatic carbocycles. The fraction of sp³-hybridized carbons (Fsp3) is 0.900. The minimum absolute atomic E-state index is 0.128. The number of hydrogen-bond donors (Lipinski definition) is 1. The number of esters is 1. The van der Waals surface area contributed by atoms with Crippen molar-refractivity contribution in [1.29, 1.82) is 0 Å². The lowest BCUT2D eigenvalue weighted by Crippen LogP contribution is -2.15. The molecule has 0 aliphatic carbocycles. The molecule has 3 nitrogen and oxygen atoms in total. The summed E-state index contributed by atoms with van der Waals surface area (Å²) in [5.74, 6) is -0.287. The van der Waals surface area contributed by atoms with Gasteiger partial charge in [0.15, 0.2) is 0 Å². The first-order chi connectivity index (χ1) is 6.20. The topological polar surface area (TPSA) is 46.5 Å². The molecule has 0 radical (unpaired) electrons. The third-order valence-electron chi connectivity index (χ3n) is 1.88. The van der Waals surface area contributed by atoms with E-state index in [1.54, 1.807) is 0 Å². The highest BCUT2D eigenvalue weighted by atomic mass is 16.5. The maximum atomic E-state index is 11.0. The van der Waals surface area contributed by atoms with Crippen LogP contribution in [-0.2, 0) is 9.53 Å². The molecular weight excluding hydrogens is 168 g/mol. The van der Waals surface area contributed by atoms with Crippen LogP contribution in [0.25, 0.3) is 0 Å². The summed E-state index contributed by atoms with van der Waals surface area (Å²) in [5.41, 5.74) is 0. The fourth-order valence-electron chi connectivity index (χ4n) is 0.934. The van der Waals surface area contributed by atoms with Crippen LogP contribution in [0.1, 0.15) is 46.0 Å². The SMILES string of the molecule is CCCCCOC(=O)CC(O)CC. The zero-order valence-electron chi connectivity index (χ0n) is 8.58. The maximum absolute atomic E-state index is 11.0. The van der Waals surface area contributed by atoms with Crippen molar-refractivity contribution < 1.29 is 14.6 Å². The molecule has 0 bridgehead atoms. The Morgan fingerprint density at radius 1 is 1.38 bits per heavy atom. The summed E-state index contributed by atoms with van der Waals surface area (Å²) in [6.07, 6.45) is 3.31. The van der Waals surface area contributed by atoms with Gasteiger partial charge in [-0.15, -0.1) is 0 Å². The molecule has 0 aromatic heterocycles. The van der Waals surface area contributed by atoms with Gasteiger partial charge in [0.25, 0.3) is 0 Å². The monoisotopic (exact) mass is 188 g/mol. The minimum Gasteiger partial charge on any atom is -0.466 e. The van der Waals surface area contributed by atoms with Crippen LogP contribution in [0.5, 0.6) is 0 Å². The van der Waals surface area contributed by atoms with Gasteiger partial charge in [-0.3, -0.25) is 4.79 Å². The molecule has 0 aromatic rings. The average molecular weight is 188 g/mol. The van der Waals surface area contributed by atoms with Crippen molar-refractivity contribution in [3.63, 3.8) is 0 Å². The molecule has 78 valence electrons. The van der Waals surface area contributed by atoms with E-state index in [-0.39, 0.29) is 12.4 Å². The Hall–Kier alpha value is -0.570. The van der Waals surface area contributed by atoms with Gasteiger partial charge in [-0.2, -0.15) is 0 Å². The van der Waals surface area contributed by atoms with E-state index in [1.807, 2.05) is 6.92 Å². The molecule has 0 saturated carbocycles. The zero-order chi connectivity index (χ0) is 10.1. The Kier molecular flexibility index (Phi) is 7.69. The summed E-state index contributed by atoms with van der Waals surface area (Å²) >= 11 is 0. The molecule has 1 unspecified atom stereocenters. The van der Waals surface area contributed by atoms with Crippen molar-refractivity contribution in [2.24, 2.45) is 0 Å². The molecule has 0 spiro atoms. The van der Waals surface area contributed by atoms with Crippen molar-refractivity contribution in [2.75, 3.05) is 6.61 Å². The van der Waals surface area contributed by atoms with Crippen LogP contribution in [-0.4, -0.2) is 23.8 Å². The van der Waals surface area contributed by atoms with Crippen molar-refractivity contribution >= 4 is 5.97 Å². The normalized spacial score (nSPS) is 12.5. The van der Waals surface area contributed by atoms with Crippen LogP contribution in [0.3, 0.4) is 0 Å². The number of aliphatic hydroxyl groups excluding tert-OH is 1. The minimum atomic E-state index is -0.543. The highest BCUT2D eigenvalue weighted by Gasteiger charge is 2.08. The molecule has 3 heteroatoms. The van der Waals surface area contributed by atoms with Crippen LogP contribution in [0, 0.1) is 0 Å². The van der Waals surface area contributed by atoms with Crippen molar-refractivity contribution in [1.82, 2.24) is 0 Å². The Labute approximate surface area is 80.1 Å². The molecule has 0 heterocycles. The van der Waals surface area contributed by atoms with Crippen molar-refractivity contribution in [3.05, 3.63) is 0 Å². The lowest BCUT2D eigenvalue weighted by molar-refractivity contribution is -0.146. The van der Waals surface area contributed by atoms with Crippen LogP contribution in [0.2, 0.25) is 0 Å². The first-order valence-electron chi connectivity index (χ1n) is 5.04. The predicted octanol–water partition coefficient (Wildman–Crippen LogP) is 1.88. The Morgan fingerprint density at radius 3 is 2.62 bits per heavy atom. The smallest absolute Gasteiger partial charge is 0.308 e. The maximum Gasteiger partial charge on any atom is 0.308 e. The number of rotatable bonds is 7. The summed E-state index contributed by atoms with van der Waals surface area (Å²) < 4.78 is 4.92. The van der Waals surface area contributed by atoms with Gasteiger partial charge >= 0.3 is 5.97 Å². The summed E-state index contributed by atoms with van der Waals surface area (Å²) in [7, 11) is 0. The predicted molar refractivity (Wildman–Crippen MR) is 51.4 cm³/mol. The molecule has 0 rings (SSSR count). The number of carbonyl (C=O) groups is 1. The van der Waals surface area contributed by atoms with Crippen molar-refractivity contribution in [2.45, 2.75) is 52.1 Å². The van der Waals surface area contributed by atoms with Crippen LogP contribution in [0.4, 0.5) is 0 Å². The molecular formula is C10H20O3. The second-order valence-corrected chi connectivity index (χ2v) is 3.19. The van der Waals surface area contributed by atoms with E-state index in [1.165, 1.54) is 0 Å². The van der Waals surface area contributed by atoms with E-state index in [0.29, 0.717) is 13.0 Å². The largest absolute Gasteiger partial charge is 0.466 e. The quantitative estimate of drug-likeness (QED) is 0.490. The number of unbranched alkanes of at least 4 members (excludes halogenated alkanes) is 2. The van der Waals surface area contributed by atoms with E-state index in [0.717, 1.165) is 19.3 Å². The standard InChI is InChI=1S/C10H20O3/c1-3-5-6-7-13-10(12)8-9(11)4-2/h9,11H,3-8H2,1-2H3. The van der Waals surface area contributed by atoms with E-state index >= 15 is 0 Å². The lowest BCUT2D eigenvalue weighted by atomic mass is 10.2. The first kappa shape index (κ1) is 12.4. The molecule has 0 fully saturated rings. The van der Waals surface area contributed by atoms with Gasteiger partial charge in [0.05, 0.1) is 19.1 Å². The van der Waals surface area contributed by atoms with Crippen LogP contribution < -0.4 is 0 Å². The number of hydrogen-bond acceptors (Lipinski definition) is 3. The van der Waals surface area contributed by atoms with Crippen LogP contribution >= 0.6 is 0 Å². The fourth-order valence-corrected chi connectivity index (χ4v) is 0.934. The number of carbonyl (C=O) groups excluding carboxylic acids is 1. The van der Waals surface area contributed by atoms with Gasteiger partial charge in [-0.1, -0.05) is 26.7 Å². The van der Waals surface area contributed by atoms with E-state index in [9.17, 15) is 4.79 Å². The van der Waals surface area contributed by atoms with E-state index in [2.05, 4.69) is 6.92 Å². The number of ether oxygens (including phenoxy) is 1. The Balaban J connectivity index is 3.30. The van der Waals surface area contributed by atoms with E-state index < -0.39 is 6.10 Å². The summed E-state index contributed by atoms with van der Waals surface area (Å²) in [6, 6.07) is 0. The molecule has 0 amide bonds. The highest BCUT2D eigenvalue weighted by molar-refractivity contribution is 5.69. The van der Waals surface area contributed by atoms with Gasteiger partial charge in [-0.05, 0) is 12.8 Å². The Morgan fingerprint density at radius 2 is 2.08 bits per heavy atom. The summed E-state index contributed by atoms with van der Waals surface area (Å²) in [5, 5.41) is 9.13. The average Bonchev–Trinajstić information content (AvgIpc) is 2.12. The van der Waals surface area contributed by atoms with Gasteiger partial charge in [0.2, 0.25) is 0 Å². The molecule has 13 heavy (non-hydrogen) atoms. The molecule has 0 aliphatic heterocycles. The molecule has 0 saturated heterocycles. The van der Waals surface area contributed by atoms with Gasteiger partial charge in [-0.25, -0.2) is 0 Å². The molecule has 1 atom stereocenters. The second kappa shape index (κ2) is 8.05. The highest BCUT2D eigenvalue weighted by Crippen LogP contribution is 2.00. The second-order valence-electron chi connectivity index (χ2n) is 3.19. The zero-order valence-corrected chi connectivity index (χ0v) is 8.58. The van der Waals surface area contributed by atoms with Gasteiger partial charge in [0, 0.05) is 0 Å². The third kappa shape index (κ3) is 7.78. The summed E-state index contributed by atoms with van der Waals surface area (Å²) in [6.45, 7) is 4.43. The number of aliphatic hydroxyl groups is 1. The van der Waals surface area contributed by atoms with Crippen molar-refractivity contribution in [3.8, 4) is 0 Å². The van der Waals surface area contributed by atoms with E-state index in [4.69, 9.17) is 9.84 Å². The van der Waals surface area contributed by atoms with Gasteiger partial charge in [0.1, 0.15) is 0 Å². The molecule has 1 N–H and O–H groups in total. The Bertz CT molecular complexity index is 134. The van der Waals surface area contributed by atoms with Crippen LogP contribution in [0.15, 0.2) is 0 Å². The third-order valence-corrected chi connectivity index (χ3v) is 1.88. The van der Waals surface area contributed by atoms with Gasteiger partial charge < -0.3 is 9.84 Å². The lowest BCUT2D eigenvalue weighted by Gasteiger charge is -2.07. The molecule has 0 aliphatic rings. The first-order valence-corrected chi connectivity index (χ1v) is 5.04. The summed E-state index contributed by atoms with van der Waals surface area (Å²) in [4.78, 5) is 11.0.